The third-order valence-corrected chi connectivity index (χ3v) is 3.39. The van der Waals surface area contributed by atoms with Crippen molar-refractivity contribution in [3.8, 4) is 6.07 Å². The molecule has 18 heavy (non-hydrogen) atoms. The number of benzene rings is 1. The van der Waals surface area contributed by atoms with E-state index in [1.807, 2.05) is 36.4 Å². The minimum Gasteiger partial charge on any atom is -0.365 e. The molecule has 1 N–H and O–H groups in total. The molecular formula is C13H9Br2N3. The number of nitrogens with zero attached hydrogens (tertiary/aromatic N) is 2. The van der Waals surface area contributed by atoms with Gasteiger partial charge < -0.3 is 5.32 Å². The zero-order chi connectivity index (χ0) is 13.0. The molecule has 1 aromatic carbocycles. The Morgan fingerprint density at radius 2 is 1.94 bits per heavy atom. The lowest BCUT2D eigenvalue weighted by Crippen LogP contribution is -2.10. The summed E-state index contributed by atoms with van der Waals surface area (Å²) in [5.41, 5.74) is 1.56. The molecule has 0 amide bonds. The van der Waals surface area contributed by atoms with Gasteiger partial charge in [0.05, 0.1) is 11.8 Å². The van der Waals surface area contributed by atoms with E-state index in [1.165, 1.54) is 0 Å². The maximum Gasteiger partial charge on any atom is 0.158 e. The van der Waals surface area contributed by atoms with Crippen LogP contribution in [0.2, 0.25) is 0 Å². The van der Waals surface area contributed by atoms with Crippen LogP contribution in [0, 0.1) is 11.3 Å². The third-order valence-electron chi connectivity index (χ3n) is 2.32. The van der Waals surface area contributed by atoms with Crippen molar-refractivity contribution in [2.45, 2.75) is 6.04 Å². The van der Waals surface area contributed by atoms with Gasteiger partial charge in [0.25, 0.3) is 0 Å². The van der Waals surface area contributed by atoms with Crippen LogP contribution in [-0.2, 0) is 0 Å². The van der Waals surface area contributed by atoms with Crippen molar-refractivity contribution in [1.29, 1.82) is 5.26 Å². The molecule has 1 unspecified atom stereocenters. The molecular weight excluding hydrogens is 358 g/mol. The van der Waals surface area contributed by atoms with E-state index in [-0.39, 0.29) is 0 Å². The molecule has 3 nitrogen and oxygen atoms in total. The van der Waals surface area contributed by atoms with Gasteiger partial charge in [-0.1, -0.05) is 18.2 Å². The standard InChI is InChI=1S/C13H9Br2N3/c14-9-6-11(15)13(17-8-9)12(7-16)18-10-4-2-1-3-5-10/h1-6,8,12,18H. The Kier molecular flexibility index (Phi) is 4.34. The average molecular weight is 367 g/mol. The highest BCUT2D eigenvalue weighted by molar-refractivity contribution is 9.11. The minimum atomic E-state index is -0.491. The maximum atomic E-state index is 9.25. The van der Waals surface area contributed by atoms with Crippen LogP contribution in [0.1, 0.15) is 11.7 Å². The van der Waals surface area contributed by atoms with E-state index in [0.29, 0.717) is 5.69 Å². The first-order valence-electron chi connectivity index (χ1n) is 5.23. The van der Waals surface area contributed by atoms with Gasteiger partial charge in [0.1, 0.15) is 0 Å². The van der Waals surface area contributed by atoms with Gasteiger partial charge >= 0.3 is 0 Å². The smallest absolute Gasteiger partial charge is 0.158 e. The summed E-state index contributed by atoms with van der Waals surface area (Å²) in [5.74, 6) is 0. The largest absolute Gasteiger partial charge is 0.365 e. The summed E-state index contributed by atoms with van der Waals surface area (Å²) in [6, 6.07) is 13.2. The molecule has 0 bridgehead atoms. The Morgan fingerprint density at radius 3 is 2.56 bits per heavy atom. The fourth-order valence-corrected chi connectivity index (χ4v) is 2.72. The Balaban J connectivity index is 2.27. The number of nitriles is 1. The van der Waals surface area contributed by atoms with Gasteiger partial charge in [-0.05, 0) is 50.1 Å². The lowest BCUT2D eigenvalue weighted by atomic mass is 10.2. The Labute approximate surface area is 122 Å². The number of aromatic nitrogens is 1. The molecule has 1 atom stereocenters. The van der Waals surface area contributed by atoms with Gasteiger partial charge in [0, 0.05) is 20.8 Å². The lowest BCUT2D eigenvalue weighted by molar-refractivity contribution is 0.923. The predicted molar refractivity (Wildman–Crippen MR) is 78.1 cm³/mol. The average Bonchev–Trinajstić information content (AvgIpc) is 2.38. The molecule has 0 saturated heterocycles. The van der Waals surface area contributed by atoms with Crippen molar-refractivity contribution >= 4 is 37.5 Å². The summed E-state index contributed by atoms with van der Waals surface area (Å²) in [6.07, 6.45) is 1.68. The lowest BCUT2D eigenvalue weighted by Gasteiger charge is -2.13. The van der Waals surface area contributed by atoms with E-state index >= 15 is 0 Å². The van der Waals surface area contributed by atoms with Crippen LogP contribution >= 0.6 is 31.9 Å². The first kappa shape index (κ1) is 13.1. The van der Waals surface area contributed by atoms with E-state index in [4.69, 9.17) is 0 Å². The van der Waals surface area contributed by atoms with E-state index in [0.717, 1.165) is 14.6 Å². The second kappa shape index (κ2) is 5.98. The summed E-state index contributed by atoms with van der Waals surface area (Å²) in [7, 11) is 0. The predicted octanol–water partition coefficient (Wildman–Crippen LogP) is 4.28. The molecule has 1 aromatic heterocycles. The normalized spacial score (nSPS) is 11.6. The molecule has 0 aliphatic rings. The number of nitrogens with one attached hydrogen (secondary N) is 1. The number of pyridine rings is 1. The van der Waals surface area contributed by atoms with Gasteiger partial charge in [-0.3, -0.25) is 4.98 Å². The molecule has 0 radical (unpaired) electrons. The molecule has 0 aliphatic heterocycles. The second-order valence-corrected chi connectivity index (χ2v) is 5.36. The number of hydrogen-bond acceptors (Lipinski definition) is 3. The quantitative estimate of drug-likeness (QED) is 0.881. The molecule has 2 aromatic rings. The van der Waals surface area contributed by atoms with Gasteiger partial charge in [0.2, 0.25) is 0 Å². The molecule has 0 fully saturated rings. The molecule has 5 heteroatoms. The highest BCUT2D eigenvalue weighted by Crippen LogP contribution is 2.26. The zero-order valence-electron chi connectivity index (χ0n) is 9.27. The fourth-order valence-electron chi connectivity index (χ4n) is 1.50. The zero-order valence-corrected chi connectivity index (χ0v) is 12.4. The molecule has 0 spiro atoms. The first-order chi connectivity index (χ1) is 8.70. The van der Waals surface area contributed by atoms with Crippen LogP contribution in [-0.4, -0.2) is 4.98 Å². The van der Waals surface area contributed by atoms with Crippen LogP contribution in [0.5, 0.6) is 0 Å². The monoisotopic (exact) mass is 365 g/mol. The number of rotatable bonds is 3. The van der Waals surface area contributed by atoms with E-state index in [1.54, 1.807) is 6.20 Å². The molecule has 1 heterocycles. The number of hydrogen-bond donors (Lipinski definition) is 1. The number of anilines is 1. The second-order valence-electron chi connectivity index (χ2n) is 3.59. The fraction of sp³-hybridized carbons (Fsp3) is 0.0769. The Bertz CT molecular complexity index is 579. The number of para-hydroxylation sites is 1. The first-order valence-corrected chi connectivity index (χ1v) is 6.81. The van der Waals surface area contributed by atoms with Crippen molar-refractivity contribution in [3.05, 3.63) is 57.2 Å². The summed E-state index contributed by atoms with van der Waals surface area (Å²) >= 11 is 6.76. The van der Waals surface area contributed by atoms with Crippen molar-refractivity contribution in [3.63, 3.8) is 0 Å². The van der Waals surface area contributed by atoms with Crippen LogP contribution in [0.15, 0.2) is 51.5 Å². The summed E-state index contributed by atoms with van der Waals surface area (Å²) in [4.78, 5) is 4.27. The molecule has 0 saturated carbocycles. The molecule has 90 valence electrons. The van der Waals surface area contributed by atoms with Gasteiger partial charge in [-0.2, -0.15) is 5.26 Å². The summed E-state index contributed by atoms with van der Waals surface area (Å²) in [6.45, 7) is 0. The van der Waals surface area contributed by atoms with E-state index in [9.17, 15) is 5.26 Å². The van der Waals surface area contributed by atoms with Crippen LogP contribution in [0.25, 0.3) is 0 Å². The minimum absolute atomic E-state index is 0.491. The SMILES string of the molecule is N#CC(Nc1ccccc1)c1ncc(Br)cc1Br. The van der Waals surface area contributed by atoms with Crippen LogP contribution < -0.4 is 5.32 Å². The van der Waals surface area contributed by atoms with Crippen molar-refractivity contribution in [1.82, 2.24) is 4.98 Å². The van der Waals surface area contributed by atoms with Crippen LogP contribution in [0.3, 0.4) is 0 Å². The number of halogens is 2. The highest BCUT2D eigenvalue weighted by atomic mass is 79.9. The van der Waals surface area contributed by atoms with E-state index < -0.39 is 6.04 Å². The van der Waals surface area contributed by atoms with Crippen molar-refractivity contribution in [2.75, 3.05) is 5.32 Å². The topological polar surface area (TPSA) is 48.7 Å². The van der Waals surface area contributed by atoms with Crippen molar-refractivity contribution < 1.29 is 0 Å². The highest BCUT2D eigenvalue weighted by Gasteiger charge is 2.15. The van der Waals surface area contributed by atoms with E-state index in [2.05, 4.69) is 48.2 Å². The summed E-state index contributed by atoms with van der Waals surface area (Å²) in [5, 5.41) is 12.4. The van der Waals surface area contributed by atoms with Gasteiger partial charge in [0.15, 0.2) is 6.04 Å². The Morgan fingerprint density at radius 1 is 1.22 bits per heavy atom. The van der Waals surface area contributed by atoms with Crippen molar-refractivity contribution in [2.24, 2.45) is 0 Å². The Hall–Kier alpha value is -1.38. The van der Waals surface area contributed by atoms with Crippen LogP contribution in [0.4, 0.5) is 5.69 Å². The molecule has 2 rings (SSSR count). The maximum absolute atomic E-state index is 9.25. The summed E-state index contributed by atoms with van der Waals surface area (Å²) < 4.78 is 1.67. The third kappa shape index (κ3) is 3.09. The van der Waals surface area contributed by atoms with Gasteiger partial charge in [-0.15, -0.1) is 0 Å². The molecule has 0 aliphatic carbocycles. The van der Waals surface area contributed by atoms with Gasteiger partial charge in [-0.25, -0.2) is 0 Å².